The van der Waals surface area contributed by atoms with Crippen molar-refractivity contribution < 1.29 is 31.0 Å². The van der Waals surface area contributed by atoms with Gasteiger partial charge < -0.3 is 17.0 Å². The SMILES string of the molecule is [CH2-]CCC(=O)O.[Pt+2].[c-]1ccccc1-c1ccccn1. The molecule has 1 aromatic carbocycles. The van der Waals surface area contributed by atoms with E-state index < -0.39 is 5.97 Å². The normalized spacial score (nSPS) is 8.68. The monoisotopic (exact) mass is 436 g/mol. The number of aromatic nitrogens is 1. The van der Waals surface area contributed by atoms with E-state index in [1.54, 1.807) is 6.20 Å². The van der Waals surface area contributed by atoms with Crippen molar-refractivity contribution in [3.8, 4) is 11.3 Å². The zero-order valence-electron chi connectivity index (χ0n) is 10.4. The minimum Gasteiger partial charge on any atom is -0.481 e. The fourth-order valence-corrected chi connectivity index (χ4v) is 1.23. The molecule has 2 aromatic rings. The van der Waals surface area contributed by atoms with Gasteiger partial charge in [0.1, 0.15) is 0 Å². The van der Waals surface area contributed by atoms with E-state index in [2.05, 4.69) is 18.0 Å². The second kappa shape index (κ2) is 10.5. The van der Waals surface area contributed by atoms with Gasteiger partial charge in [0.15, 0.2) is 0 Å². The predicted molar refractivity (Wildman–Crippen MR) is 70.7 cm³/mol. The molecule has 2 rings (SSSR count). The molecular formula is C15H15NO2Pt. The largest absolute Gasteiger partial charge is 2.00 e. The number of benzene rings is 1. The van der Waals surface area contributed by atoms with Gasteiger partial charge in [0.2, 0.25) is 0 Å². The molecule has 0 saturated heterocycles. The molecule has 0 aliphatic carbocycles. The molecule has 0 aliphatic heterocycles. The molecule has 1 aromatic heterocycles. The Morgan fingerprint density at radius 1 is 1.26 bits per heavy atom. The van der Waals surface area contributed by atoms with Crippen LogP contribution in [-0.2, 0) is 25.9 Å². The molecule has 0 radical (unpaired) electrons. The van der Waals surface area contributed by atoms with Gasteiger partial charge in [-0.25, -0.2) is 0 Å². The van der Waals surface area contributed by atoms with Crippen LogP contribution < -0.4 is 0 Å². The Labute approximate surface area is 128 Å². The minimum absolute atomic E-state index is 0. The van der Waals surface area contributed by atoms with Gasteiger partial charge in [0.25, 0.3) is 0 Å². The van der Waals surface area contributed by atoms with Gasteiger partial charge >= 0.3 is 27.0 Å². The van der Waals surface area contributed by atoms with Crippen LogP contribution in [0.3, 0.4) is 0 Å². The number of hydrogen-bond acceptors (Lipinski definition) is 2. The van der Waals surface area contributed by atoms with Gasteiger partial charge in [0.05, 0.1) is 0 Å². The first kappa shape index (κ1) is 17.5. The van der Waals surface area contributed by atoms with Crippen LogP contribution in [0.5, 0.6) is 0 Å². The predicted octanol–water partition coefficient (Wildman–Crippen LogP) is 3.23. The summed E-state index contributed by atoms with van der Waals surface area (Å²) in [6, 6.07) is 16.8. The third-order valence-electron chi connectivity index (χ3n) is 2.04. The van der Waals surface area contributed by atoms with Crippen LogP contribution in [0, 0.1) is 13.0 Å². The van der Waals surface area contributed by atoms with E-state index in [9.17, 15) is 4.79 Å². The Balaban J connectivity index is 0.000000404. The Morgan fingerprint density at radius 3 is 2.42 bits per heavy atom. The molecule has 0 saturated carbocycles. The van der Waals surface area contributed by atoms with Crippen molar-refractivity contribution in [3.63, 3.8) is 0 Å². The molecule has 1 heterocycles. The number of aliphatic carboxylic acids is 1. The summed E-state index contributed by atoms with van der Waals surface area (Å²) >= 11 is 0. The first-order valence-corrected chi connectivity index (χ1v) is 5.63. The molecule has 0 bridgehead atoms. The molecule has 0 fully saturated rings. The number of carbonyl (C=O) groups is 1. The number of pyridine rings is 1. The summed E-state index contributed by atoms with van der Waals surface area (Å²) in [4.78, 5) is 13.8. The average molecular weight is 436 g/mol. The molecule has 102 valence electrons. The van der Waals surface area contributed by atoms with E-state index in [0.717, 1.165) is 11.3 Å². The zero-order chi connectivity index (χ0) is 13.2. The van der Waals surface area contributed by atoms with Crippen molar-refractivity contribution in [3.05, 3.63) is 61.7 Å². The molecule has 0 spiro atoms. The Kier molecular flexibility index (Phi) is 9.64. The molecule has 0 aliphatic rings. The Morgan fingerprint density at radius 2 is 2.00 bits per heavy atom. The van der Waals surface area contributed by atoms with Gasteiger partial charge in [-0.3, -0.25) is 4.79 Å². The fraction of sp³-hybridized carbons (Fsp3) is 0.133. The maximum Gasteiger partial charge on any atom is 2.00 e. The molecular weight excluding hydrogens is 421 g/mol. The zero-order valence-corrected chi connectivity index (χ0v) is 12.6. The summed E-state index contributed by atoms with van der Waals surface area (Å²) in [7, 11) is 0. The maximum absolute atomic E-state index is 9.56. The molecule has 0 amide bonds. The molecule has 1 N–H and O–H groups in total. The summed E-state index contributed by atoms with van der Waals surface area (Å²) in [5.74, 6) is -0.773. The van der Waals surface area contributed by atoms with Crippen LogP contribution in [0.1, 0.15) is 12.8 Å². The third-order valence-corrected chi connectivity index (χ3v) is 2.04. The number of rotatable bonds is 3. The van der Waals surface area contributed by atoms with E-state index >= 15 is 0 Å². The summed E-state index contributed by atoms with van der Waals surface area (Å²) < 4.78 is 0. The van der Waals surface area contributed by atoms with E-state index in [4.69, 9.17) is 5.11 Å². The van der Waals surface area contributed by atoms with E-state index in [-0.39, 0.29) is 27.5 Å². The van der Waals surface area contributed by atoms with E-state index in [0.29, 0.717) is 6.42 Å². The summed E-state index contributed by atoms with van der Waals surface area (Å²) in [6.07, 6.45) is 2.45. The van der Waals surface area contributed by atoms with Gasteiger partial charge in [-0.05, 0) is 11.8 Å². The molecule has 4 heteroatoms. The summed E-state index contributed by atoms with van der Waals surface area (Å²) in [5.41, 5.74) is 2.01. The van der Waals surface area contributed by atoms with E-state index in [1.807, 2.05) is 42.5 Å². The van der Waals surface area contributed by atoms with Gasteiger partial charge in [0, 0.05) is 12.6 Å². The third kappa shape index (κ3) is 7.53. The quantitative estimate of drug-likeness (QED) is 0.752. The van der Waals surface area contributed by atoms with Crippen molar-refractivity contribution in [1.82, 2.24) is 4.98 Å². The van der Waals surface area contributed by atoms with Crippen LogP contribution in [0.4, 0.5) is 0 Å². The van der Waals surface area contributed by atoms with Crippen LogP contribution in [0.25, 0.3) is 11.3 Å². The maximum atomic E-state index is 9.56. The smallest absolute Gasteiger partial charge is 0.481 e. The van der Waals surface area contributed by atoms with E-state index in [1.165, 1.54) is 0 Å². The van der Waals surface area contributed by atoms with Gasteiger partial charge in [-0.2, -0.15) is 6.42 Å². The summed E-state index contributed by atoms with van der Waals surface area (Å²) in [5, 5.41) is 7.87. The standard InChI is InChI=1S/C11H8N.C4H7O2.Pt/c1-2-6-10(7-3-1)11-8-4-5-9-12-11;1-2-3-4(5)6;/h1-6,8-9H;1-3H2,(H,5,6);/q2*-1;+2. The molecule has 0 unspecified atom stereocenters. The van der Waals surface area contributed by atoms with Crippen molar-refractivity contribution in [2.75, 3.05) is 0 Å². The molecule has 0 atom stereocenters. The fourth-order valence-electron chi connectivity index (χ4n) is 1.23. The average Bonchev–Trinajstić information content (AvgIpc) is 2.41. The van der Waals surface area contributed by atoms with Gasteiger partial charge in [-0.15, -0.1) is 35.9 Å². The Bertz CT molecular complexity index is 423. The molecule has 19 heavy (non-hydrogen) atoms. The first-order valence-electron chi connectivity index (χ1n) is 5.63. The van der Waals surface area contributed by atoms with Crippen molar-refractivity contribution in [2.24, 2.45) is 0 Å². The number of carboxylic acids is 1. The van der Waals surface area contributed by atoms with Crippen molar-refractivity contribution in [1.29, 1.82) is 0 Å². The van der Waals surface area contributed by atoms with Crippen molar-refractivity contribution in [2.45, 2.75) is 12.8 Å². The Hall–Kier alpha value is -1.47. The van der Waals surface area contributed by atoms with Crippen molar-refractivity contribution >= 4 is 5.97 Å². The second-order valence-electron chi connectivity index (χ2n) is 3.49. The van der Waals surface area contributed by atoms with Crippen LogP contribution >= 0.6 is 0 Å². The number of nitrogens with zero attached hydrogens (tertiary/aromatic N) is 1. The van der Waals surface area contributed by atoms with Crippen LogP contribution in [-0.4, -0.2) is 16.1 Å². The number of hydrogen-bond donors (Lipinski definition) is 1. The first-order chi connectivity index (χ1) is 8.74. The molecule has 3 nitrogen and oxygen atoms in total. The van der Waals surface area contributed by atoms with Crippen LogP contribution in [0.15, 0.2) is 48.7 Å². The topological polar surface area (TPSA) is 50.2 Å². The van der Waals surface area contributed by atoms with Gasteiger partial charge in [-0.1, -0.05) is 12.1 Å². The second-order valence-corrected chi connectivity index (χ2v) is 3.49. The number of carboxylic acid groups (broad SMARTS) is 1. The minimum atomic E-state index is -0.773. The van der Waals surface area contributed by atoms with Crippen LogP contribution in [0.2, 0.25) is 0 Å². The summed E-state index contributed by atoms with van der Waals surface area (Å²) in [6.45, 7) is 3.34.